The molecule has 0 atom stereocenters. The molecular weight excluding hydrogens is 554 g/mol. The van der Waals surface area contributed by atoms with E-state index in [4.69, 9.17) is 26.5 Å². The zero-order valence-corrected chi connectivity index (χ0v) is 24.3. The van der Waals surface area contributed by atoms with E-state index in [9.17, 15) is 0 Å². The van der Waals surface area contributed by atoms with Crippen LogP contribution in [0.1, 0.15) is 11.4 Å². The van der Waals surface area contributed by atoms with Gasteiger partial charge in [-0.15, -0.1) is 0 Å². The van der Waals surface area contributed by atoms with Crippen molar-refractivity contribution in [2.24, 2.45) is 0 Å². The van der Waals surface area contributed by atoms with Crippen molar-refractivity contribution in [1.82, 2.24) is 19.9 Å². The standard InChI is InChI=1S/C26H18N6.C12H11N/c27-19-16-17(20-9-5-11-24(31-20)22-7-1-3-13-29-22)15-18(26(19)28)21-10-6-12-25(32-21)23-8-2-4-14-30-23;13-12-9-5-4-8-11(12)10-6-2-1-3-7-10/h1-16,27-28H;1-9H,13H2. The molecule has 0 saturated carbocycles. The summed E-state index contributed by atoms with van der Waals surface area (Å²) in [7, 11) is 0. The maximum Gasteiger partial charge on any atom is 0.0893 e. The highest BCUT2D eigenvalue weighted by Gasteiger charge is 2.21. The van der Waals surface area contributed by atoms with Gasteiger partial charge in [-0.3, -0.25) is 20.8 Å². The van der Waals surface area contributed by atoms with E-state index in [0.29, 0.717) is 17.0 Å². The minimum absolute atomic E-state index is 0.118. The second kappa shape index (κ2) is 13.3. The number of hydrogen-bond donors (Lipinski definition) is 3. The Morgan fingerprint density at radius 1 is 0.467 bits per heavy atom. The number of rotatable bonds is 5. The highest BCUT2D eigenvalue weighted by Crippen LogP contribution is 2.29. The van der Waals surface area contributed by atoms with Crippen molar-refractivity contribution in [1.29, 1.82) is 10.8 Å². The van der Waals surface area contributed by atoms with Crippen LogP contribution in [0, 0.1) is 10.8 Å². The molecule has 45 heavy (non-hydrogen) atoms. The molecule has 4 heterocycles. The first-order valence-corrected chi connectivity index (χ1v) is 14.4. The molecule has 4 N–H and O–H groups in total. The average Bonchev–Trinajstić information content (AvgIpc) is 3.11. The van der Waals surface area contributed by atoms with Crippen molar-refractivity contribution in [2.45, 2.75) is 0 Å². The van der Waals surface area contributed by atoms with Crippen LogP contribution < -0.4 is 5.73 Å². The molecule has 216 valence electrons. The van der Waals surface area contributed by atoms with Gasteiger partial charge in [0, 0.05) is 34.8 Å². The molecule has 0 aliphatic heterocycles. The number of benzene rings is 2. The molecule has 0 unspecified atom stereocenters. The predicted octanol–water partition coefficient (Wildman–Crippen LogP) is 8.06. The van der Waals surface area contributed by atoms with Crippen LogP contribution in [0.3, 0.4) is 0 Å². The SMILES string of the molecule is N=C1C=C(c2cccc(-c3ccccn3)n2)C=C(c2cccc(-c3ccccn3)n2)C1=N.Nc1ccccc1-c1ccccc1. The van der Waals surface area contributed by atoms with E-state index in [2.05, 4.69) is 22.1 Å². The number of aromatic nitrogens is 4. The monoisotopic (exact) mass is 583 g/mol. The molecule has 7 heteroatoms. The van der Waals surface area contributed by atoms with Crippen LogP contribution in [-0.4, -0.2) is 31.4 Å². The van der Waals surface area contributed by atoms with Crippen LogP contribution in [0.2, 0.25) is 0 Å². The molecule has 0 radical (unpaired) electrons. The first-order chi connectivity index (χ1) is 22.1. The molecule has 0 saturated heterocycles. The highest BCUT2D eigenvalue weighted by molar-refractivity contribution is 6.61. The van der Waals surface area contributed by atoms with Crippen LogP contribution in [0.5, 0.6) is 0 Å². The third-order valence-electron chi connectivity index (χ3n) is 7.11. The minimum atomic E-state index is 0.118. The number of anilines is 1. The summed E-state index contributed by atoms with van der Waals surface area (Å²) in [5, 5.41) is 16.8. The van der Waals surface area contributed by atoms with E-state index in [1.807, 2.05) is 121 Å². The fourth-order valence-corrected chi connectivity index (χ4v) is 4.86. The van der Waals surface area contributed by atoms with E-state index < -0.39 is 0 Å². The number of allylic oxidation sites excluding steroid dienone is 4. The van der Waals surface area contributed by atoms with Gasteiger partial charge in [-0.05, 0) is 72.3 Å². The summed E-state index contributed by atoms with van der Waals surface area (Å²) in [4.78, 5) is 18.2. The first-order valence-electron chi connectivity index (χ1n) is 14.4. The second-order valence-corrected chi connectivity index (χ2v) is 10.1. The van der Waals surface area contributed by atoms with Gasteiger partial charge in [0.25, 0.3) is 0 Å². The van der Waals surface area contributed by atoms with Crippen LogP contribution >= 0.6 is 0 Å². The quantitative estimate of drug-likeness (QED) is 0.140. The minimum Gasteiger partial charge on any atom is -0.398 e. The molecular formula is C38H29N7. The predicted molar refractivity (Wildman–Crippen MR) is 183 cm³/mol. The lowest BCUT2D eigenvalue weighted by Crippen LogP contribution is -2.17. The zero-order valence-electron chi connectivity index (χ0n) is 24.3. The molecule has 7 rings (SSSR count). The number of nitrogens with zero attached hydrogens (tertiary/aromatic N) is 4. The molecule has 4 aromatic heterocycles. The Hall–Kier alpha value is -6.34. The molecule has 6 aromatic rings. The maximum atomic E-state index is 8.47. The van der Waals surface area contributed by atoms with E-state index in [1.54, 1.807) is 18.5 Å². The summed E-state index contributed by atoms with van der Waals surface area (Å²) in [5.74, 6) is 0. The van der Waals surface area contributed by atoms with E-state index in [-0.39, 0.29) is 11.4 Å². The molecule has 0 amide bonds. The molecule has 1 aliphatic rings. The van der Waals surface area contributed by atoms with E-state index in [1.165, 1.54) is 5.56 Å². The Morgan fingerprint density at radius 2 is 1.00 bits per heavy atom. The Morgan fingerprint density at radius 3 is 1.62 bits per heavy atom. The van der Waals surface area contributed by atoms with Crippen molar-refractivity contribution in [2.75, 3.05) is 5.73 Å². The third-order valence-corrected chi connectivity index (χ3v) is 7.11. The van der Waals surface area contributed by atoms with Crippen LogP contribution in [0.25, 0.3) is 45.0 Å². The van der Waals surface area contributed by atoms with Crippen LogP contribution in [0.15, 0.2) is 152 Å². The highest BCUT2D eigenvalue weighted by atomic mass is 14.8. The molecule has 2 aromatic carbocycles. The van der Waals surface area contributed by atoms with Gasteiger partial charge in [0.05, 0.1) is 45.6 Å². The van der Waals surface area contributed by atoms with Crippen LogP contribution in [0.4, 0.5) is 5.69 Å². The number of pyridine rings is 4. The summed E-state index contributed by atoms with van der Waals surface area (Å²) in [6, 6.07) is 40.8. The summed E-state index contributed by atoms with van der Waals surface area (Å²) in [6.45, 7) is 0. The van der Waals surface area contributed by atoms with Gasteiger partial charge < -0.3 is 5.73 Å². The molecule has 0 fully saturated rings. The zero-order chi connectivity index (χ0) is 31.0. The largest absolute Gasteiger partial charge is 0.398 e. The van der Waals surface area contributed by atoms with Crippen LogP contribution in [-0.2, 0) is 0 Å². The lowest BCUT2D eigenvalue weighted by atomic mass is 9.91. The molecule has 0 spiro atoms. The Labute approximate surface area is 261 Å². The smallest absolute Gasteiger partial charge is 0.0893 e. The van der Waals surface area contributed by atoms with Gasteiger partial charge in [0.1, 0.15) is 0 Å². The van der Waals surface area contributed by atoms with Gasteiger partial charge in [-0.25, -0.2) is 9.97 Å². The summed E-state index contributed by atoms with van der Waals surface area (Å²) in [5.41, 5.74) is 14.9. The lowest BCUT2D eigenvalue weighted by molar-refractivity contribution is 1.22. The van der Waals surface area contributed by atoms with Crippen molar-refractivity contribution >= 4 is 28.3 Å². The molecule has 0 bridgehead atoms. The second-order valence-electron chi connectivity index (χ2n) is 10.1. The number of nitrogen functional groups attached to an aromatic ring is 1. The topological polar surface area (TPSA) is 125 Å². The lowest BCUT2D eigenvalue weighted by Gasteiger charge is -2.16. The van der Waals surface area contributed by atoms with Gasteiger partial charge in [-0.2, -0.15) is 0 Å². The normalized spacial score (nSPS) is 12.4. The van der Waals surface area contributed by atoms with Gasteiger partial charge in [0.15, 0.2) is 0 Å². The summed E-state index contributed by atoms with van der Waals surface area (Å²) >= 11 is 0. The van der Waals surface area contributed by atoms with E-state index in [0.717, 1.165) is 39.6 Å². The Balaban J connectivity index is 0.000000229. The first kappa shape index (κ1) is 28.8. The van der Waals surface area contributed by atoms with Crippen molar-refractivity contribution in [3.8, 4) is 33.9 Å². The van der Waals surface area contributed by atoms with Gasteiger partial charge in [-0.1, -0.05) is 72.8 Å². The van der Waals surface area contributed by atoms with E-state index >= 15 is 0 Å². The van der Waals surface area contributed by atoms with Crippen molar-refractivity contribution in [3.05, 3.63) is 163 Å². The Bertz CT molecular complexity index is 2030. The number of para-hydroxylation sites is 1. The fourth-order valence-electron chi connectivity index (χ4n) is 4.86. The summed E-state index contributed by atoms with van der Waals surface area (Å²) in [6.07, 6.45) is 7.00. The summed E-state index contributed by atoms with van der Waals surface area (Å²) < 4.78 is 0. The fraction of sp³-hybridized carbons (Fsp3) is 0. The Kier molecular flexibility index (Phi) is 8.51. The average molecular weight is 584 g/mol. The van der Waals surface area contributed by atoms with Gasteiger partial charge in [0.2, 0.25) is 0 Å². The molecule has 1 aliphatic carbocycles. The molecule has 7 nitrogen and oxygen atoms in total. The van der Waals surface area contributed by atoms with Crippen molar-refractivity contribution < 1.29 is 0 Å². The third kappa shape index (κ3) is 6.68. The van der Waals surface area contributed by atoms with Gasteiger partial charge >= 0.3 is 0 Å². The number of hydrogen-bond acceptors (Lipinski definition) is 7. The number of nitrogens with one attached hydrogen (secondary N) is 2. The van der Waals surface area contributed by atoms with Crippen molar-refractivity contribution in [3.63, 3.8) is 0 Å². The number of nitrogens with two attached hydrogens (primary N) is 1. The maximum absolute atomic E-state index is 8.47.